The molecule has 3 saturated heterocycles. The van der Waals surface area contributed by atoms with Crippen molar-refractivity contribution in [2.24, 2.45) is 23.0 Å². The summed E-state index contributed by atoms with van der Waals surface area (Å²) in [5.41, 5.74) is 5.55. The molecular weight excluding hydrogens is 346 g/mol. The predicted molar refractivity (Wildman–Crippen MR) is 93.9 cm³/mol. The van der Waals surface area contributed by atoms with Crippen molar-refractivity contribution in [3.05, 3.63) is 0 Å². The smallest absolute Gasteiger partial charge is 0.235 e. The lowest BCUT2D eigenvalue weighted by molar-refractivity contribution is -0.143. The summed E-state index contributed by atoms with van der Waals surface area (Å²) in [6, 6.07) is 0. The first-order chi connectivity index (χ1) is 11.2. The molecule has 0 aromatic heterocycles. The Balaban J connectivity index is 0.00000225. The highest BCUT2D eigenvalue weighted by molar-refractivity contribution is 6.06. The number of carbonyl (C=O) groups excluding carboxylic acids is 3. The van der Waals surface area contributed by atoms with E-state index in [4.69, 9.17) is 10.5 Å². The van der Waals surface area contributed by atoms with Gasteiger partial charge in [0.05, 0.1) is 24.0 Å². The quantitative estimate of drug-likeness (QED) is 0.680. The summed E-state index contributed by atoms with van der Waals surface area (Å²) in [5, 5.41) is 0. The van der Waals surface area contributed by atoms with Crippen LogP contribution in [0.15, 0.2) is 0 Å². The number of imide groups is 1. The van der Waals surface area contributed by atoms with Crippen LogP contribution < -0.4 is 5.73 Å². The predicted octanol–water partition coefficient (Wildman–Crippen LogP) is 0.404. The van der Waals surface area contributed by atoms with Gasteiger partial charge in [-0.05, 0) is 24.8 Å². The zero-order valence-electron chi connectivity index (χ0n) is 15.1. The third-order valence-corrected chi connectivity index (χ3v) is 5.57. The highest BCUT2D eigenvalue weighted by atomic mass is 35.5. The number of fused-ring (bicyclic) bond motifs is 5. The van der Waals surface area contributed by atoms with Crippen LogP contribution in [-0.4, -0.2) is 66.4 Å². The monoisotopic (exact) mass is 373 g/mol. The summed E-state index contributed by atoms with van der Waals surface area (Å²) in [7, 11) is 1.73. The second-order valence-electron chi connectivity index (χ2n) is 8.04. The van der Waals surface area contributed by atoms with Crippen LogP contribution >= 0.6 is 12.4 Å². The Kier molecular flexibility index (Phi) is 5.81. The van der Waals surface area contributed by atoms with Crippen LogP contribution in [0.3, 0.4) is 0 Å². The lowest BCUT2D eigenvalue weighted by atomic mass is 9.81. The van der Waals surface area contributed by atoms with Crippen LogP contribution in [0.4, 0.5) is 0 Å². The molecule has 25 heavy (non-hydrogen) atoms. The van der Waals surface area contributed by atoms with Crippen LogP contribution in [-0.2, 0) is 19.1 Å². The van der Waals surface area contributed by atoms with Gasteiger partial charge in [0.1, 0.15) is 0 Å². The number of likely N-dealkylation sites (tertiary alicyclic amines) is 1. The number of nitrogens with zero attached hydrogens (tertiary/aromatic N) is 2. The maximum atomic E-state index is 12.5. The van der Waals surface area contributed by atoms with Gasteiger partial charge in [-0.3, -0.25) is 19.3 Å². The normalized spacial score (nSPS) is 30.5. The molecule has 0 spiro atoms. The molecule has 3 aliphatic heterocycles. The molecule has 2 N–H and O–H groups in total. The standard InChI is InChI=1S/C17H27N3O4.ClH/c1-17(2,8-18)9-19(3)12(21)6-7-20-15(22)13-10-4-5-11(24-10)14(13)16(20)23;/h10-11,13-14H,4-9,18H2,1-3H3;1H. The van der Waals surface area contributed by atoms with Gasteiger partial charge in [0.2, 0.25) is 17.7 Å². The van der Waals surface area contributed by atoms with E-state index in [0.717, 1.165) is 12.8 Å². The molecule has 0 saturated carbocycles. The van der Waals surface area contributed by atoms with E-state index in [2.05, 4.69) is 0 Å². The Morgan fingerprint density at radius 2 is 1.76 bits per heavy atom. The molecular formula is C17H28ClN3O4. The van der Waals surface area contributed by atoms with Gasteiger partial charge in [-0.15, -0.1) is 12.4 Å². The number of ether oxygens (including phenoxy) is 1. The summed E-state index contributed by atoms with van der Waals surface area (Å²) in [6.45, 7) is 5.20. The fraction of sp³-hybridized carbons (Fsp3) is 0.824. The Morgan fingerprint density at radius 3 is 2.24 bits per heavy atom. The van der Waals surface area contributed by atoms with Crippen LogP contribution in [0.5, 0.6) is 0 Å². The van der Waals surface area contributed by atoms with Crippen LogP contribution in [0.1, 0.15) is 33.1 Å². The number of hydrogen-bond donors (Lipinski definition) is 1. The van der Waals surface area contributed by atoms with Crippen LogP contribution in [0, 0.1) is 17.3 Å². The van der Waals surface area contributed by atoms with Crippen LogP contribution in [0.25, 0.3) is 0 Å². The van der Waals surface area contributed by atoms with Crippen molar-refractivity contribution >= 4 is 30.1 Å². The van der Waals surface area contributed by atoms with E-state index in [-0.39, 0.29) is 72.6 Å². The van der Waals surface area contributed by atoms with Crippen molar-refractivity contribution in [3.8, 4) is 0 Å². The molecule has 0 aromatic rings. The molecule has 3 aliphatic rings. The van der Waals surface area contributed by atoms with E-state index in [1.54, 1.807) is 11.9 Å². The number of hydrogen-bond acceptors (Lipinski definition) is 5. The molecule has 8 heteroatoms. The number of rotatable bonds is 6. The number of carbonyl (C=O) groups is 3. The molecule has 0 aliphatic carbocycles. The zero-order chi connectivity index (χ0) is 17.6. The highest BCUT2D eigenvalue weighted by Crippen LogP contribution is 2.48. The zero-order valence-corrected chi connectivity index (χ0v) is 15.9. The highest BCUT2D eigenvalue weighted by Gasteiger charge is 2.62. The average molecular weight is 374 g/mol. The summed E-state index contributed by atoms with van der Waals surface area (Å²) in [4.78, 5) is 40.3. The summed E-state index contributed by atoms with van der Waals surface area (Å²) < 4.78 is 5.70. The molecule has 2 bridgehead atoms. The SMILES string of the molecule is CN(CC(C)(C)CN)C(=O)CCN1C(=O)C2C3CCC(O3)C2C1=O.Cl. The van der Waals surface area contributed by atoms with Gasteiger partial charge in [0.15, 0.2) is 0 Å². The lowest BCUT2D eigenvalue weighted by Gasteiger charge is -2.29. The van der Waals surface area contributed by atoms with E-state index < -0.39 is 0 Å². The number of nitrogens with two attached hydrogens (primary N) is 1. The van der Waals surface area contributed by atoms with Gasteiger partial charge in [-0.25, -0.2) is 0 Å². The molecule has 3 amide bonds. The van der Waals surface area contributed by atoms with Gasteiger partial charge < -0.3 is 15.4 Å². The van der Waals surface area contributed by atoms with Crippen molar-refractivity contribution in [2.75, 3.05) is 26.7 Å². The van der Waals surface area contributed by atoms with E-state index in [9.17, 15) is 14.4 Å². The minimum atomic E-state index is -0.319. The number of halogens is 1. The molecule has 3 rings (SSSR count). The maximum absolute atomic E-state index is 12.5. The molecule has 4 unspecified atom stereocenters. The largest absolute Gasteiger partial charge is 0.373 e. The van der Waals surface area contributed by atoms with Crippen molar-refractivity contribution < 1.29 is 19.1 Å². The Hall–Kier alpha value is -1.18. The average Bonchev–Trinajstić information content (AvgIpc) is 3.20. The molecule has 0 radical (unpaired) electrons. The van der Waals surface area contributed by atoms with Gasteiger partial charge in [-0.1, -0.05) is 13.8 Å². The van der Waals surface area contributed by atoms with E-state index in [0.29, 0.717) is 13.1 Å². The number of amides is 3. The van der Waals surface area contributed by atoms with Gasteiger partial charge in [0, 0.05) is 26.6 Å². The van der Waals surface area contributed by atoms with Gasteiger partial charge in [0.25, 0.3) is 0 Å². The van der Waals surface area contributed by atoms with Crippen molar-refractivity contribution in [3.63, 3.8) is 0 Å². The van der Waals surface area contributed by atoms with E-state index in [1.807, 2.05) is 13.8 Å². The van der Waals surface area contributed by atoms with Crippen molar-refractivity contribution in [1.82, 2.24) is 9.80 Å². The van der Waals surface area contributed by atoms with E-state index >= 15 is 0 Å². The third kappa shape index (κ3) is 3.55. The first kappa shape index (κ1) is 20.1. The Bertz CT molecular complexity index is 540. The fourth-order valence-electron chi connectivity index (χ4n) is 4.19. The summed E-state index contributed by atoms with van der Waals surface area (Å²) in [6.07, 6.45) is 1.66. The van der Waals surface area contributed by atoms with Gasteiger partial charge in [-0.2, -0.15) is 0 Å². The fourth-order valence-corrected chi connectivity index (χ4v) is 4.19. The third-order valence-electron chi connectivity index (χ3n) is 5.57. The Morgan fingerprint density at radius 1 is 1.24 bits per heavy atom. The summed E-state index contributed by atoms with van der Waals surface area (Å²) in [5.74, 6) is -1.03. The summed E-state index contributed by atoms with van der Waals surface area (Å²) >= 11 is 0. The molecule has 3 fully saturated rings. The minimum absolute atomic E-state index is 0. The van der Waals surface area contributed by atoms with Gasteiger partial charge >= 0.3 is 0 Å². The first-order valence-electron chi connectivity index (χ1n) is 8.70. The second-order valence-corrected chi connectivity index (χ2v) is 8.04. The Labute approximate surface area is 154 Å². The molecule has 0 aromatic carbocycles. The molecule has 4 atom stereocenters. The first-order valence-corrected chi connectivity index (χ1v) is 8.70. The molecule has 142 valence electrons. The van der Waals surface area contributed by atoms with Crippen molar-refractivity contribution in [1.29, 1.82) is 0 Å². The second kappa shape index (κ2) is 7.21. The van der Waals surface area contributed by atoms with E-state index in [1.165, 1.54) is 4.90 Å². The molecule has 3 heterocycles. The molecule has 7 nitrogen and oxygen atoms in total. The lowest BCUT2D eigenvalue weighted by Crippen LogP contribution is -2.42. The minimum Gasteiger partial charge on any atom is -0.373 e. The maximum Gasteiger partial charge on any atom is 0.235 e. The topological polar surface area (TPSA) is 92.9 Å². The van der Waals surface area contributed by atoms with Crippen molar-refractivity contribution in [2.45, 2.75) is 45.3 Å². The van der Waals surface area contributed by atoms with Crippen LogP contribution in [0.2, 0.25) is 0 Å².